The maximum atomic E-state index is 6.37. The number of hydrogen-bond acceptors (Lipinski definition) is 1. The molecule has 0 amide bonds. The molecule has 1 nitrogen and oxygen atoms in total. The minimum absolute atomic E-state index is 0.501. The van der Waals surface area contributed by atoms with Crippen LogP contribution in [0.15, 0.2) is 0 Å². The van der Waals surface area contributed by atoms with Crippen LogP contribution in [0.4, 0.5) is 0 Å². The highest BCUT2D eigenvalue weighted by molar-refractivity contribution is 5.08. The Hall–Kier alpha value is -0.0400. The van der Waals surface area contributed by atoms with Gasteiger partial charge in [-0.25, -0.2) is 0 Å². The van der Waals surface area contributed by atoms with Gasteiger partial charge in [0, 0.05) is 6.04 Å². The molecule has 20 heavy (non-hydrogen) atoms. The summed E-state index contributed by atoms with van der Waals surface area (Å²) in [6.45, 7) is 5.24. The minimum Gasteiger partial charge on any atom is -0.328 e. The Morgan fingerprint density at radius 3 is 2.60 bits per heavy atom. The lowest BCUT2D eigenvalue weighted by Gasteiger charge is -2.60. The van der Waals surface area contributed by atoms with Crippen LogP contribution in [-0.4, -0.2) is 6.04 Å². The molecule has 4 fully saturated rings. The summed E-state index contributed by atoms with van der Waals surface area (Å²) in [5.74, 6) is 4.06. The van der Waals surface area contributed by atoms with Crippen molar-refractivity contribution in [3.8, 4) is 0 Å². The fourth-order valence-electron chi connectivity index (χ4n) is 7.41. The number of fused-ring (bicyclic) bond motifs is 5. The zero-order chi connectivity index (χ0) is 14.0. The molecule has 0 bridgehead atoms. The van der Waals surface area contributed by atoms with Crippen LogP contribution >= 0.6 is 0 Å². The Kier molecular flexibility index (Phi) is 3.05. The molecule has 114 valence electrons. The van der Waals surface area contributed by atoms with Gasteiger partial charge in [-0.05, 0) is 85.9 Å². The van der Waals surface area contributed by atoms with Gasteiger partial charge in [-0.2, -0.15) is 0 Å². The predicted octanol–water partition coefficient (Wildman–Crippen LogP) is 4.75. The van der Waals surface area contributed by atoms with Crippen molar-refractivity contribution in [2.45, 2.75) is 84.1 Å². The summed E-state index contributed by atoms with van der Waals surface area (Å²) in [6.07, 6.45) is 14.7. The number of rotatable bonds is 0. The second kappa shape index (κ2) is 4.48. The van der Waals surface area contributed by atoms with Crippen molar-refractivity contribution >= 4 is 0 Å². The van der Waals surface area contributed by atoms with Crippen LogP contribution < -0.4 is 5.73 Å². The summed E-state index contributed by atoms with van der Waals surface area (Å²) < 4.78 is 0. The number of hydrogen-bond donors (Lipinski definition) is 1. The van der Waals surface area contributed by atoms with Crippen LogP contribution in [0.25, 0.3) is 0 Å². The minimum atomic E-state index is 0.501. The average molecular weight is 275 g/mol. The second-order valence-electron chi connectivity index (χ2n) is 9.30. The molecular formula is C19H33N. The van der Waals surface area contributed by atoms with E-state index in [0.717, 1.165) is 23.7 Å². The normalized spacial score (nSPS) is 58.6. The highest BCUT2D eigenvalue weighted by Crippen LogP contribution is 2.65. The topological polar surface area (TPSA) is 26.0 Å². The molecule has 7 atom stereocenters. The Balaban J connectivity index is 1.64. The average Bonchev–Trinajstić information content (AvgIpc) is 2.72. The van der Waals surface area contributed by atoms with E-state index < -0.39 is 0 Å². The van der Waals surface area contributed by atoms with Crippen molar-refractivity contribution in [3.05, 3.63) is 0 Å². The van der Waals surface area contributed by atoms with Gasteiger partial charge in [0.05, 0.1) is 0 Å². The molecule has 4 rings (SSSR count). The summed E-state index contributed by atoms with van der Waals surface area (Å²) in [5, 5.41) is 0. The van der Waals surface area contributed by atoms with Crippen LogP contribution in [0, 0.1) is 34.5 Å². The van der Waals surface area contributed by atoms with Crippen LogP contribution in [0.3, 0.4) is 0 Å². The van der Waals surface area contributed by atoms with Gasteiger partial charge in [-0.1, -0.05) is 26.7 Å². The largest absolute Gasteiger partial charge is 0.328 e. The Morgan fingerprint density at radius 2 is 1.75 bits per heavy atom. The Bertz CT molecular complexity index is 391. The van der Waals surface area contributed by atoms with Crippen molar-refractivity contribution in [1.29, 1.82) is 0 Å². The molecule has 0 heterocycles. The molecule has 1 heteroatoms. The second-order valence-corrected chi connectivity index (χ2v) is 9.30. The molecule has 0 aliphatic heterocycles. The standard InChI is InChI=1S/C19H33N/c1-18-10-8-16-15(17(18)11-14(20)12-18)7-6-13-5-3-4-9-19(13,16)2/h13-17H,3-12,20H2,1-2H3/t13?,14?,15-,16+,17+,18-,19+/m1/s1. The lowest BCUT2D eigenvalue weighted by molar-refractivity contribution is -0.103. The van der Waals surface area contributed by atoms with E-state index in [1.807, 2.05) is 0 Å². The van der Waals surface area contributed by atoms with Gasteiger partial charge in [0.1, 0.15) is 0 Å². The van der Waals surface area contributed by atoms with E-state index in [9.17, 15) is 0 Å². The highest BCUT2D eigenvalue weighted by atomic mass is 14.7. The lowest BCUT2D eigenvalue weighted by atomic mass is 9.45. The summed E-state index contributed by atoms with van der Waals surface area (Å²) >= 11 is 0. The van der Waals surface area contributed by atoms with E-state index in [4.69, 9.17) is 5.73 Å². The molecule has 4 saturated carbocycles. The zero-order valence-corrected chi connectivity index (χ0v) is 13.5. The van der Waals surface area contributed by atoms with Gasteiger partial charge < -0.3 is 5.73 Å². The van der Waals surface area contributed by atoms with Crippen molar-refractivity contribution < 1.29 is 0 Å². The first-order valence-electron chi connectivity index (χ1n) is 9.28. The van der Waals surface area contributed by atoms with Gasteiger partial charge in [-0.3, -0.25) is 0 Å². The molecule has 0 radical (unpaired) electrons. The van der Waals surface area contributed by atoms with Gasteiger partial charge in [-0.15, -0.1) is 0 Å². The Morgan fingerprint density at radius 1 is 0.900 bits per heavy atom. The highest BCUT2D eigenvalue weighted by Gasteiger charge is 2.58. The number of nitrogens with two attached hydrogens (primary N) is 1. The van der Waals surface area contributed by atoms with Crippen LogP contribution in [0.5, 0.6) is 0 Å². The van der Waals surface area contributed by atoms with Crippen molar-refractivity contribution in [2.24, 2.45) is 40.2 Å². The van der Waals surface area contributed by atoms with Crippen molar-refractivity contribution in [2.75, 3.05) is 0 Å². The smallest absolute Gasteiger partial charge is 0.00470 e. The fraction of sp³-hybridized carbons (Fsp3) is 1.00. The maximum Gasteiger partial charge on any atom is 0.00470 e. The molecule has 2 unspecified atom stereocenters. The monoisotopic (exact) mass is 275 g/mol. The van der Waals surface area contributed by atoms with E-state index in [-0.39, 0.29) is 0 Å². The Labute approximate surface area is 125 Å². The molecule has 4 aliphatic carbocycles. The van der Waals surface area contributed by atoms with Crippen LogP contribution in [0.1, 0.15) is 78.1 Å². The molecule has 4 aliphatic rings. The van der Waals surface area contributed by atoms with Crippen LogP contribution in [0.2, 0.25) is 0 Å². The van der Waals surface area contributed by atoms with Gasteiger partial charge in [0.15, 0.2) is 0 Å². The van der Waals surface area contributed by atoms with Crippen LogP contribution in [-0.2, 0) is 0 Å². The maximum absolute atomic E-state index is 6.37. The van der Waals surface area contributed by atoms with E-state index in [0.29, 0.717) is 16.9 Å². The summed E-state index contributed by atoms with van der Waals surface area (Å²) in [6, 6.07) is 0.501. The van der Waals surface area contributed by atoms with Gasteiger partial charge >= 0.3 is 0 Å². The van der Waals surface area contributed by atoms with E-state index in [1.54, 1.807) is 0 Å². The molecule has 2 N–H and O–H groups in total. The molecule has 0 saturated heterocycles. The van der Waals surface area contributed by atoms with E-state index >= 15 is 0 Å². The van der Waals surface area contributed by atoms with Gasteiger partial charge in [0.2, 0.25) is 0 Å². The molecule has 0 aromatic carbocycles. The molecule has 0 aromatic heterocycles. The summed E-state index contributed by atoms with van der Waals surface area (Å²) in [4.78, 5) is 0. The molecule has 0 spiro atoms. The summed E-state index contributed by atoms with van der Waals surface area (Å²) in [7, 11) is 0. The molecule has 0 aromatic rings. The third-order valence-corrected chi connectivity index (χ3v) is 8.39. The summed E-state index contributed by atoms with van der Waals surface area (Å²) in [5.41, 5.74) is 7.65. The molecular weight excluding hydrogens is 242 g/mol. The van der Waals surface area contributed by atoms with Crippen molar-refractivity contribution in [1.82, 2.24) is 0 Å². The third-order valence-electron chi connectivity index (χ3n) is 8.39. The lowest BCUT2D eigenvalue weighted by Crippen LogP contribution is -2.51. The third kappa shape index (κ3) is 1.77. The first-order valence-corrected chi connectivity index (χ1v) is 9.28. The van der Waals surface area contributed by atoms with Gasteiger partial charge in [0.25, 0.3) is 0 Å². The van der Waals surface area contributed by atoms with E-state index in [1.165, 1.54) is 64.2 Å². The zero-order valence-electron chi connectivity index (χ0n) is 13.5. The first-order chi connectivity index (χ1) is 9.53. The van der Waals surface area contributed by atoms with Crippen molar-refractivity contribution in [3.63, 3.8) is 0 Å². The predicted molar refractivity (Wildman–Crippen MR) is 84.3 cm³/mol. The first kappa shape index (κ1) is 13.6. The SMILES string of the molecule is C[C@]12CC[C@H]3[C@@H](CCC4CCCC[C@@]43C)[C@@H]1CC(N)C2. The van der Waals surface area contributed by atoms with E-state index in [2.05, 4.69) is 13.8 Å². The fourth-order valence-corrected chi connectivity index (χ4v) is 7.41. The quantitative estimate of drug-likeness (QED) is 0.678.